The first-order valence-electron chi connectivity index (χ1n) is 5.11. The van der Waals surface area contributed by atoms with Crippen molar-refractivity contribution in [2.24, 2.45) is 0 Å². The van der Waals surface area contributed by atoms with E-state index >= 15 is 0 Å². The van der Waals surface area contributed by atoms with E-state index < -0.39 is 0 Å². The number of rotatable bonds is 7. The highest BCUT2D eigenvalue weighted by atomic mass is 35.5. The molecule has 88 valence electrons. The Morgan fingerprint density at radius 1 is 1.00 bits per heavy atom. The van der Waals surface area contributed by atoms with Gasteiger partial charge in [-0.15, -0.1) is 0 Å². The normalized spacial score (nSPS) is 9.86. The van der Waals surface area contributed by atoms with Gasteiger partial charge in [-0.25, -0.2) is 0 Å². The average molecular weight is 226 g/mol. The summed E-state index contributed by atoms with van der Waals surface area (Å²) >= 11 is 5.16. The Labute approximate surface area is 93.3 Å². The van der Waals surface area contributed by atoms with Crippen LogP contribution in [-0.4, -0.2) is 50.9 Å². The number of halogens is 1. The fourth-order valence-corrected chi connectivity index (χ4v) is 0.977. The fourth-order valence-electron chi connectivity index (χ4n) is 0.868. The van der Waals surface area contributed by atoms with Crippen molar-refractivity contribution in [1.29, 1.82) is 0 Å². The summed E-state index contributed by atoms with van der Waals surface area (Å²) in [5.41, 5.74) is 0. The molecule has 0 aliphatic rings. The number of nitrogens with zero attached hydrogens (tertiary/aromatic N) is 1. The highest BCUT2D eigenvalue weighted by Gasteiger charge is 1.89. The minimum absolute atomic E-state index is 0.253. The second-order valence-corrected chi connectivity index (χ2v) is 2.85. The van der Waals surface area contributed by atoms with E-state index in [9.17, 15) is 0 Å². The Balaban J connectivity index is 0. The maximum atomic E-state index is 5.16. The summed E-state index contributed by atoms with van der Waals surface area (Å²) in [6, 6.07) is 0.253. The van der Waals surface area contributed by atoms with Gasteiger partial charge in [0.2, 0.25) is 0 Å². The zero-order chi connectivity index (χ0) is 11.2. The lowest BCUT2D eigenvalue weighted by Gasteiger charge is -2.13. The van der Waals surface area contributed by atoms with E-state index in [1.165, 1.54) is 19.6 Å². The second-order valence-electron chi connectivity index (χ2n) is 2.63. The van der Waals surface area contributed by atoms with Gasteiger partial charge >= 0.3 is 0 Å². The first-order valence-corrected chi connectivity index (χ1v) is 5.65. The molecule has 0 aromatic heterocycles. The summed E-state index contributed by atoms with van der Waals surface area (Å²) in [4.78, 5) is 2.38. The third-order valence-electron chi connectivity index (χ3n) is 1.85. The van der Waals surface area contributed by atoms with Crippen molar-refractivity contribution in [2.75, 3.05) is 46.0 Å². The number of hydrogen-bond acceptors (Lipinski definition) is 3. The van der Waals surface area contributed by atoms with Crippen molar-refractivity contribution in [3.63, 3.8) is 0 Å². The SMILES string of the molecule is CCN(CC)CC.COCCOCCl. The third-order valence-corrected chi connectivity index (χ3v) is 2.00. The van der Waals surface area contributed by atoms with E-state index in [0.29, 0.717) is 13.2 Å². The third kappa shape index (κ3) is 14.7. The van der Waals surface area contributed by atoms with Gasteiger partial charge in [0.05, 0.1) is 13.2 Å². The van der Waals surface area contributed by atoms with Crippen LogP contribution in [0.3, 0.4) is 0 Å². The van der Waals surface area contributed by atoms with Gasteiger partial charge in [0.15, 0.2) is 0 Å². The summed E-state index contributed by atoms with van der Waals surface area (Å²) in [5.74, 6) is 0. The predicted molar refractivity (Wildman–Crippen MR) is 62.0 cm³/mol. The van der Waals surface area contributed by atoms with Crippen molar-refractivity contribution >= 4 is 11.6 Å². The molecule has 0 amide bonds. The Hall–Kier alpha value is 0.170. The minimum atomic E-state index is 0.253. The zero-order valence-corrected chi connectivity index (χ0v) is 10.6. The zero-order valence-electron chi connectivity index (χ0n) is 9.88. The van der Waals surface area contributed by atoms with Crippen LogP contribution in [0.5, 0.6) is 0 Å². The predicted octanol–water partition coefficient (Wildman–Crippen LogP) is 2.19. The molecule has 0 unspecified atom stereocenters. The highest BCUT2D eigenvalue weighted by Crippen LogP contribution is 1.81. The molecule has 0 heterocycles. The van der Waals surface area contributed by atoms with Crippen LogP contribution in [0.25, 0.3) is 0 Å². The van der Waals surface area contributed by atoms with Crippen LogP contribution < -0.4 is 0 Å². The number of hydrogen-bond donors (Lipinski definition) is 0. The first kappa shape index (κ1) is 16.6. The van der Waals surface area contributed by atoms with E-state index in [2.05, 4.69) is 30.4 Å². The highest BCUT2D eigenvalue weighted by molar-refractivity contribution is 6.17. The summed E-state index contributed by atoms with van der Waals surface area (Å²) < 4.78 is 9.37. The van der Waals surface area contributed by atoms with Gasteiger partial charge in [-0.2, -0.15) is 0 Å². The number of alkyl halides is 1. The molecule has 0 spiro atoms. The summed E-state index contributed by atoms with van der Waals surface area (Å²) in [7, 11) is 1.62. The maximum Gasteiger partial charge on any atom is 0.120 e. The molecule has 0 saturated carbocycles. The van der Waals surface area contributed by atoms with Crippen LogP contribution in [0.15, 0.2) is 0 Å². The molecule has 3 nitrogen and oxygen atoms in total. The van der Waals surface area contributed by atoms with Crippen molar-refractivity contribution in [2.45, 2.75) is 20.8 Å². The van der Waals surface area contributed by atoms with E-state index in [4.69, 9.17) is 16.3 Å². The Kier molecular flexibility index (Phi) is 18.5. The molecule has 0 fully saturated rings. The average Bonchev–Trinajstić information content (AvgIpc) is 2.22. The molecule has 14 heavy (non-hydrogen) atoms. The van der Waals surface area contributed by atoms with Gasteiger partial charge in [-0.3, -0.25) is 0 Å². The number of methoxy groups -OCH3 is 1. The quantitative estimate of drug-likeness (QED) is 0.490. The standard InChI is InChI=1S/C6H15N.C4H9ClO2/c1-4-7(5-2)6-3;1-6-2-3-7-4-5/h4-6H2,1-3H3;2-4H2,1H3. The van der Waals surface area contributed by atoms with Crippen molar-refractivity contribution < 1.29 is 9.47 Å². The van der Waals surface area contributed by atoms with E-state index in [1.54, 1.807) is 7.11 Å². The monoisotopic (exact) mass is 225 g/mol. The Morgan fingerprint density at radius 3 is 1.71 bits per heavy atom. The second kappa shape index (κ2) is 15.6. The Bertz CT molecular complexity index is 80.7. The molecular weight excluding hydrogens is 202 g/mol. The molecule has 0 aliphatic heterocycles. The van der Waals surface area contributed by atoms with Gasteiger partial charge < -0.3 is 14.4 Å². The molecule has 0 saturated heterocycles. The van der Waals surface area contributed by atoms with Crippen molar-refractivity contribution in [3.8, 4) is 0 Å². The van der Waals surface area contributed by atoms with Gasteiger partial charge in [-0.05, 0) is 19.6 Å². The lowest BCUT2D eigenvalue weighted by molar-refractivity contribution is 0.0936. The summed E-state index contributed by atoms with van der Waals surface area (Å²) in [5, 5.41) is 0. The summed E-state index contributed by atoms with van der Waals surface area (Å²) in [6.45, 7) is 11.3. The van der Waals surface area contributed by atoms with Crippen LogP contribution in [-0.2, 0) is 9.47 Å². The number of ether oxygens (including phenoxy) is 2. The Morgan fingerprint density at radius 2 is 1.50 bits per heavy atom. The topological polar surface area (TPSA) is 21.7 Å². The lowest BCUT2D eigenvalue weighted by atomic mass is 10.5. The summed E-state index contributed by atoms with van der Waals surface area (Å²) in [6.07, 6.45) is 0. The van der Waals surface area contributed by atoms with Crippen LogP contribution in [0.4, 0.5) is 0 Å². The first-order chi connectivity index (χ1) is 6.76. The maximum absolute atomic E-state index is 5.16. The van der Waals surface area contributed by atoms with Gasteiger partial charge in [0.25, 0.3) is 0 Å². The van der Waals surface area contributed by atoms with Gasteiger partial charge in [0.1, 0.15) is 6.07 Å². The van der Waals surface area contributed by atoms with Crippen LogP contribution in [0.1, 0.15) is 20.8 Å². The molecule has 4 heteroatoms. The van der Waals surface area contributed by atoms with Crippen LogP contribution >= 0.6 is 11.6 Å². The van der Waals surface area contributed by atoms with E-state index in [0.717, 1.165) is 0 Å². The fraction of sp³-hybridized carbons (Fsp3) is 1.00. The minimum Gasteiger partial charge on any atom is -0.382 e. The molecule has 0 atom stereocenters. The molecule has 0 bridgehead atoms. The molecular formula is C10H24ClNO2. The van der Waals surface area contributed by atoms with Gasteiger partial charge in [0, 0.05) is 7.11 Å². The lowest BCUT2D eigenvalue weighted by Crippen LogP contribution is -2.21. The molecule has 0 N–H and O–H groups in total. The molecule has 0 aromatic carbocycles. The van der Waals surface area contributed by atoms with Crippen molar-refractivity contribution in [3.05, 3.63) is 0 Å². The van der Waals surface area contributed by atoms with Crippen LogP contribution in [0.2, 0.25) is 0 Å². The molecule has 0 radical (unpaired) electrons. The van der Waals surface area contributed by atoms with E-state index in [-0.39, 0.29) is 6.07 Å². The molecule has 0 rings (SSSR count). The van der Waals surface area contributed by atoms with Crippen molar-refractivity contribution in [1.82, 2.24) is 4.90 Å². The smallest absolute Gasteiger partial charge is 0.120 e. The molecule has 0 aliphatic carbocycles. The molecule has 0 aromatic rings. The van der Waals surface area contributed by atoms with Crippen LogP contribution in [0, 0.1) is 0 Å². The van der Waals surface area contributed by atoms with Gasteiger partial charge in [-0.1, -0.05) is 32.4 Å². The largest absolute Gasteiger partial charge is 0.382 e. The van der Waals surface area contributed by atoms with E-state index in [1.807, 2.05) is 0 Å².